The van der Waals surface area contributed by atoms with Gasteiger partial charge in [-0.3, -0.25) is 0 Å². The van der Waals surface area contributed by atoms with Crippen LogP contribution in [0.1, 0.15) is 12.8 Å². The van der Waals surface area contributed by atoms with Crippen molar-refractivity contribution in [3.05, 3.63) is 24.3 Å². The molecule has 0 spiro atoms. The molecule has 1 aliphatic rings. The number of hydrogen-bond acceptors (Lipinski definition) is 7. The maximum Gasteiger partial charge on any atom is 0.119 e. The normalized spacial score (nSPS) is 15.2. The Morgan fingerprint density at radius 2 is 1.31 bits per heavy atom. The van der Waals surface area contributed by atoms with Gasteiger partial charge in [-0.1, -0.05) is 0 Å². The summed E-state index contributed by atoms with van der Waals surface area (Å²) in [6.45, 7) is 6.65. The van der Waals surface area contributed by atoms with Crippen LogP contribution < -0.4 is 15.8 Å². The zero-order valence-electron chi connectivity index (χ0n) is 15.5. The zero-order chi connectivity index (χ0) is 18.3. The van der Waals surface area contributed by atoms with E-state index in [1.54, 1.807) is 0 Å². The monoisotopic (exact) mass is 368 g/mol. The molecule has 0 atom stereocenters. The average Bonchev–Trinajstić information content (AvgIpc) is 2.68. The molecule has 1 saturated heterocycles. The highest BCUT2D eigenvalue weighted by molar-refractivity contribution is 5.41. The molecule has 1 aromatic rings. The first-order valence-electron chi connectivity index (χ1n) is 9.38. The lowest BCUT2D eigenvalue weighted by Crippen LogP contribution is -2.33. The summed E-state index contributed by atoms with van der Waals surface area (Å²) in [5.41, 5.74) is 6.34. The van der Waals surface area contributed by atoms with E-state index in [-0.39, 0.29) is 0 Å². The fraction of sp³-hybridized carbons (Fsp3) is 0.684. The number of nitrogens with one attached hydrogen (secondary N) is 1. The highest BCUT2D eigenvalue weighted by Gasteiger charge is 2.12. The summed E-state index contributed by atoms with van der Waals surface area (Å²) in [6, 6.07) is 7.31. The first-order chi connectivity index (χ1) is 12.8. The molecule has 0 aromatic heterocycles. The summed E-state index contributed by atoms with van der Waals surface area (Å²) in [5.74, 6) is 0.792. The lowest BCUT2D eigenvalue weighted by atomic mass is 10.1. The van der Waals surface area contributed by atoms with E-state index in [4.69, 9.17) is 29.4 Å². The van der Waals surface area contributed by atoms with Gasteiger partial charge in [-0.05, 0) is 50.2 Å². The molecule has 1 heterocycles. The molecule has 1 aromatic carbocycles. The van der Waals surface area contributed by atoms with Crippen LogP contribution >= 0.6 is 0 Å². The van der Waals surface area contributed by atoms with Crippen LogP contribution in [0.25, 0.3) is 0 Å². The minimum atomic E-state index is 0.386. The molecular weight excluding hydrogens is 336 g/mol. The Hall–Kier alpha value is -1.38. The van der Waals surface area contributed by atoms with Gasteiger partial charge in [0.25, 0.3) is 0 Å². The quantitative estimate of drug-likeness (QED) is 0.380. The average molecular weight is 368 g/mol. The molecule has 1 fully saturated rings. The van der Waals surface area contributed by atoms with Crippen LogP contribution in [-0.2, 0) is 18.9 Å². The molecule has 148 valence electrons. The maximum absolute atomic E-state index is 5.76. The first kappa shape index (κ1) is 20.9. The number of anilines is 1. The van der Waals surface area contributed by atoms with Crippen molar-refractivity contribution in [2.24, 2.45) is 0 Å². The molecule has 0 aliphatic carbocycles. The minimum Gasteiger partial charge on any atom is -0.491 e. The van der Waals surface area contributed by atoms with Gasteiger partial charge in [0.2, 0.25) is 0 Å². The van der Waals surface area contributed by atoms with Crippen LogP contribution in [0.5, 0.6) is 5.75 Å². The minimum absolute atomic E-state index is 0.386. The highest BCUT2D eigenvalue weighted by atomic mass is 16.6. The Balaban J connectivity index is 1.28. The summed E-state index contributed by atoms with van der Waals surface area (Å²) < 4.78 is 27.7. The smallest absolute Gasteiger partial charge is 0.119 e. The second-order valence-corrected chi connectivity index (χ2v) is 6.07. The van der Waals surface area contributed by atoms with Crippen LogP contribution in [0.2, 0.25) is 0 Å². The number of nitrogen functional groups attached to an aromatic ring is 1. The number of hydrogen-bond donors (Lipinski definition) is 2. The molecule has 0 saturated carbocycles. The second kappa shape index (κ2) is 13.8. The Bertz CT molecular complexity index is 452. The molecule has 26 heavy (non-hydrogen) atoms. The highest BCUT2D eigenvalue weighted by Crippen LogP contribution is 2.12. The van der Waals surface area contributed by atoms with Gasteiger partial charge in [0.05, 0.1) is 52.4 Å². The summed E-state index contributed by atoms with van der Waals surface area (Å²) in [4.78, 5) is 0. The Morgan fingerprint density at radius 3 is 1.92 bits per heavy atom. The van der Waals surface area contributed by atoms with E-state index in [0.29, 0.717) is 59.0 Å². The van der Waals surface area contributed by atoms with Gasteiger partial charge >= 0.3 is 0 Å². The lowest BCUT2D eigenvalue weighted by Gasteiger charge is -2.22. The maximum atomic E-state index is 5.76. The molecule has 0 amide bonds. The van der Waals surface area contributed by atoms with Crippen molar-refractivity contribution in [3.63, 3.8) is 0 Å². The molecular formula is C19H32N2O5. The molecule has 7 nitrogen and oxygen atoms in total. The predicted molar refractivity (Wildman–Crippen MR) is 101 cm³/mol. The van der Waals surface area contributed by atoms with Gasteiger partial charge in [-0.25, -0.2) is 0 Å². The van der Waals surface area contributed by atoms with Gasteiger partial charge < -0.3 is 34.7 Å². The predicted octanol–water partition coefficient (Wildman–Crippen LogP) is 1.47. The first-order valence-corrected chi connectivity index (χ1v) is 9.38. The van der Waals surface area contributed by atoms with Crippen molar-refractivity contribution in [2.75, 3.05) is 71.7 Å². The van der Waals surface area contributed by atoms with E-state index >= 15 is 0 Å². The number of piperidine rings is 1. The summed E-state index contributed by atoms with van der Waals surface area (Å²) in [6.07, 6.45) is 2.57. The Morgan fingerprint density at radius 1 is 0.769 bits per heavy atom. The third kappa shape index (κ3) is 9.94. The van der Waals surface area contributed by atoms with Gasteiger partial charge in [-0.15, -0.1) is 0 Å². The summed E-state index contributed by atoms with van der Waals surface area (Å²) >= 11 is 0. The second-order valence-electron chi connectivity index (χ2n) is 6.07. The molecule has 3 N–H and O–H groups in total. The third-order valence-corrected chi connectivity index (χ3v) is 3.99. The number of ether oxygens (including phenoxy) is 5. The zero-order valence-corrected chi connectivity index (χ0v) is 15.5. The summed E-state index contributed by atoms with van der Waals surface area (Å²) in [5, 5.41) is 3.32. The molecule has 2 rings (SSSR count). The van der Waals surface area contributed by atoms with Crippen LogP contribution in [-0.4, -0.2) is 72.0 Å². The third-order valence-electron chi connectivity index (χ3n) is 3.99. The number of nitrogens with two attached hydrogens (primary N) is 1. The Labute approximate surface area is 156 Å². The fourth-order valence-corrected chi connectivity index (χ4v) is 2.56. The van der Waals surface area contributed by atoms with E-state index in [2.05, 4.69) is 5.32 Å². The van der Waals surface area contributed by atoms with Gasteiger partial charge in [0, 0.05) is 5.69 Å². The van der Waals surface area contributed by atoms with E-state index < -0.39 is 0 Å². The van der Waals surface area contributed by atoms with Crippen LogP contribution in [0.4, 0.5) is 5.69 Å². The van der Waals surface area contributed by atoms with Gasteiger partial charge in [-0.2, -0.15) is 0 Å². The van der Waals surface area contributed by atoms with Gasteiger partial charge in [0.1, 0.15) is 12.4 Å². The molecule has 0 radical (unpaired) electrons. The fourth-order valence-electron chi connectivity index (χ4n) is 2.56. The SMILES string of the molecule is Nc1ccc(OCCOCCOCCOCCOC2CCNCC2)cc1. The van der Waals surface area contributed by atoms with E-state index in [1.807, 2.05) is 24.3 Å². The van der Waals surface area contributed by atoms with E-state index in [1.165, 1.54) is 0 Å². The van der Waals surface area contributed by atoms with Crippen molar-refractivity contribution in [2.45, 2.75) is 18.9 Å². The van der Waals surface area contributed by atoms with Crippen molar-refractivity contribution in [3.8, 4) is 5.75 Å². The topological polar surface area (TPSA) is 84.2 Å². The molecule has 0 bridgehead atoms. The number of rotatable bonds is 14. The standard InChI is InChI=1S/C19H32N2O5/c20-17-1-3-18(4-2-17)25-15-13-23-11-9-22-10-12-24-14-16-26-19-5-7-21-8-6-19/h1-4,19,21H,5-16,20H2. The van der Waals surface area contributed by atoms with E-state index in [0.717, 1.165) is 37.4 Å². The molecule has 0 unspecified atom stereocenters. The van der Waals surface area contributed by atoms with Gasteiger partial charge in [0.15, 0.2) is 0 Å². The van der Waals surface area contributed by atoms with Crippen molar-refractivity contribution in [1.82, 2.24) is 5.32 Å². The van der Waals surface area contributed by atoms with Crippen LogP contribution in [0, 0.1) is 0 Å². The number of benzene rings is 1. The van der Waals surface area contributed by atoms with Crippen LogP contribution in [0.3, 0.4) is 0 Å². The van der Waals surface area contributed by atoms with E-state index in [9.17, 15) is 0 Å². The van der Waals surface area contributed by atoms with Crippen molar-refractivity contribution in [1.29, 1.82) is 0 Å². The molecule has 7 heteroatoms. The van der Waals surface area contributed by atoms with Crippen molar-refractivity contribution >= 4 is 5.69 Å². The Kier molecular flexibility index (Phi) is 11.1. The molecule has 1 aliphatic heterocycles. The summed E-state index contributed by atoms with van der Waals surface area (Å²) in [7, 11) is 0. The van der Waals surface area contributed by atoms with Crippen molar-refractivity contribution < 1.29 is 23.7 Å². The largest absolute Gasteiger partial charge is 0.491 e. The lowest BCUT2D eigenvalue weighted by molar-refractivity contribution is -0.0260. The van der Waals surface area contributed by atoms with Crippen LogP contribution in [0.15, 0.2) is 24.3 Å².